The van der Waals surface area contributed by atoms with Gasteiger partial charge in [0.25, 0.3) is 0 Å². The van der Waals surface area contributed by atoms with Crippen molar-refractivity contribution in [3.05, 3.63) is 34.5 Å². The van der Waals surface area contributed by atoms with Gasteiger partial charge in [-0.05, 0) is 35.0 Å². The molecule has 0 N–H and O–H groups in total. The van der Waals surface area contributed by atoms with E-state index in [1.54, 1.807) is 0 Å². The highest BCUT2D eigenvalue weighted by Crippen LogP contribution is 2.33. The molecule has 2 bridgehead atoms. The van der Waals surface area contributed by atoms with Crippen molar-refractivity contribution in [1.82, 2.24) is 4.98 Å². The van der Waals surface area contributed by atoms with E-state index >= 15 is 0 Å². The molecule has 3 rings (SSSR count). The van der Waals surface area contributed by atoms with Gasteiger partial charge >= 0.3 is 0 Å². The number of aromatic nitrogens is 1. The molecule has 4 heteroatoms. The van der Waals surface area contributed by atoms with Gasteiger partial charge in [0.1, 0.15) is 6.10 Å². The normalized spacial score (nSPS) is 27.7. The second-order valence-corrected chi connectivity index (χ2v) is 4.75. The zero-order valence-corrected chi connectivity index (χ0v) is 9.94. The largest absolute Gasteiger partial charge is 0.264 e. The zero-order valence-electron chi connectivity index (χ0n) is 8.35. The molecule has 2 unspecified atom stereocenters. The fourth-order valence-electron chi connectivity index (χ4n) is 2.00. The van der Waals surface area contributed by atoms with Gasteiger partial charge < -0.3 is 0 Å². The molecule has 78 valence electrons. The summed E-state index contributed by atoms with van der Waals surface area (Å²) >= 11 is 3.44. The topological polar surface area (TPSA) is 25.4 Å². The standard InChI is InChI=1S/C11H11BrN2O/c1-7-10(12)4-5-11(13-7)14-8-2-3-9(6-8)15-14/h2-5,8-9H,6H2,1H3. The summed E-state index contributed by atoms with van der Waals surface area (Å²) in [5.74, 6) is 0.896. The van der Waals surface area contributed by atoms with Crippen molar-refractivity contribution in [2.45, 2.75) is 25.5 Å². The highest BCUT2D eigenvalue weighted by atomic mass is 79.9. The summed E-state index contributed by atoms with van der Waals surface area (Å²) in [6.45, 7) is 1.98. The molecule has 2 atom stereocenters. The molecule has 2 aliphatic rings. The molecule has 0 aromatic carbocycles. The van der Waals surface area contributed by atoms with Crippen molar-refractivity contribution in [1.29, 1.82) is 0 Å². The second kappa shape index (κ2) is 3.32. The van der Waals surface area contributed by atoms with Crippen molar-refractivity contribution < 1.29 is 4.84 Å². The van der Waals surface area contributed by atoms with Crippen LogP contribution >= 0.6 is 15.9 Å². The van der Waals surface area contributed by atoms with E-state index in [0.717, 1.165) is 22.4 Å². The van der Waals surface area contributed by atoms with Crippen LogP contribution in [-0.4, -0.2) is 17.1 Å². The van der Waals surface area contributed by atoms with Crippen LogP contribution < -0.4 is 5.06 Å². The Hall–Kier alpha value is -0.870. The third-order valence-corrected chi connectivity index (χ3v) is 3.64. The van der Waals surface area contributed by atoms with Gasteiger partial charge in [0, 0.05) is 10.9 Å². The Labute approximate surface area is 96.8 Å². The van der Waals surface area contributed by atoms with Gasteiger partial charge in [0.15, 0.2) is 5.82 Å². The minimum Gasteiger partial charge on any atom is -0.264 e. The third kappa shape index (κ3) is 1.48. The van der Waals surface area contributed by atoms with Crippen molar-refractivity contribution in [2.24, 2.45) is 0 Å². The van der Waals surface area contributed by atoms with Crippen LogP contribution in [0.2, 0.25) is 0 Å². The lowest BCUT2D eigenvalue weighted by Gasteiger charge is -2.23. The first-order valence-corrected chi connectivity index (χ1v) is 5.81. The fourth-order valence-corrected chi connectivity index (χ4v) is 2.22. The molecule has 3 nitrogen and oxygen atoms in total. The van der Waals surface area contributed by atoms with E-state index in [1.165, 1.54) is 0 Å². The van der Waals surface area contributed by atoms with Crippen LogP contribution in [0.3, 0.4) is 0 Å². The molecule has 1 saturated heterocycles. The van der Waals surface area contributed by atoms with Crippen LogP contribution in [0.4, 0.5) is 5.82 Å². The number of fused-ring (bicyclic) bond motifs is 2. The molecular formula is C11H11BrN2O. The SMILES string of the molecule is Cc1nc(N2OC3C=CC2C3)ccc1Br. The smallest absolute Gasteiger partial charge is 0.153 e. The zero-order chi connectivity index (χ0) is 10.4. The summed E-state index contributed by atoms with van der Waals surface area (Å²) in [5.41, 5.74) is 0.989. The number of anilines is 1. The van der Waals surface area contributed by atoms with Crippen molar-refractivity contribution in [2.75, 3.05) is 5.06 Å². The van der Waals surface area contributed by atoms with Gasteiger partial charge in [-0.15, -0.1) is 0 Å². The highest BCUT2D eigenvalue weighted by molar-refractivity contribution is 9.10. The molecule has 1 fully saturated rings. The van der Waals surface area contributed by atoms with E-state index in [2.05, 4.69) is 33.1 Å². The second-order valence-electron chi connectivity index (χ2n) is 3.89. The van der Waals surface area contributed by atoms with Gasteiger partial charge in [-0.25, -0.2) is 10.0 Å². The van der Waals surface area contributed by atoms with Gasteiger partial charge in [0.2, 0.25) is 0 Å². The first-order valence-electron chi connectivity index (χ1n) is 5.01. The number of hydrogen-bond acceptors (Lipinski definition) is 3. The predicted molar refractivity (Wildman–Crippen MR) is 61.6 cm³/mol. The van der Waals surface area contributed by atoms with Crippen molar-refractivity contribution in [3.63, 3.8) is 0 Å². The summed E-state index contributed by atoms with van der Waals surface area (Å²) in [6.07, 6.45) is 5.61. The summed E-state index contributed by atoms with van der Waals surface area (Å²) in [5, 5.41) is 1.91. The number of rotatable bonds is 1. The Morgan fingerprint density at radius 1 is 1.47 bits per heavy atom. The quantitative estimate of drug-likeness (QED) is 0.731. The number of aryl methyl sites for hydroxylation is 1. The molecule has 1 aromatic rings. The highest BCUT2D eigenvalue weighted by Gasteiger charge is 2.36. The van der Waals surface area contributed by atoms with Gasteiger partial charge in [-0.1, -0.05) is 12.2 Å². The van der Waals surface area contributed by atoms with E-state index in [-0.39, 0.29) is 6.10 Å². The van der Waals surface area contributed by atoms with Gasteiger partial charge in [-0.3, -0.25) is 4.84 Å². The number of halogens is 1. The number of hydrogen-bond donors (Lipinski definition) is 0. The summed E-state index contributed by atoms with van der Waals surface area (Å²) < 4.78 is 1.03. The van der Waals surface area contributed by atoms with Crippen molar-refractivity contribution in [3.8, 4) is 0 Å². The number of pyridine rings is 1. The van der Waals surface area contributed by atoms with Crippen LogP contribution in [0.25, 0.3) is 0 Å². The maximum Gasteiger partial charge on any atom is 0.153 e. The Kier molecular flexibility index (Phi) is 2.07. The van der Waals surface area contributed by atoms with Crippen LogP contribution in [0.5, 0.6) is 0 Å². The minimum atomic E-state index is 0.251. The molecule has 0 spiro atoms. The Balaban J connectivity index is 1.94. The average Bonchev–Trinajstić information content (AvgIpc) is 2.83. The molecule has 1 aliphatic heterocycles. The Morgan fingerprint density at radius 2 is 2.33 bits per heavy atom. The van der Waals surface area contributed by atoms with Crippen LogP contribution in [0, 0.1) is 6.92 Å². The molecule has 15 heavy (non-hydrogen) atoms. The third-order valence-electron chi connectivity index (χ3n) is 2.80. The maximum atomic E-state index is 5.71. The minimum absolute atomic E-state index is 0.251. The number of hydroxylamine groups is 1. The molecule has 0 amide bonds. The van der Waals surface area contributed by atoms with Crippen LogP contribution in [0.1, 0.15) is 12.1 Å². The van der Waals surface area contributed by atoms with Crippen LogP contribution in [-0.2, 0) is 4.84 Å². The monoisotopic (exact) mass is 266 g/mol. The molecular weight excluding hydrogens is 256 g/mol. The Bertz CT molecular complexity index is 433. The lowest BCUT2D eigenvalue weighted by atomic mass is 10.2. The first kappa shape index (κ1) is 9.36. The van der Waals surface area contributed by atoms with Crippen molar-refractivity contribution >= 4 is 21.7 Å². The predicted octanol–water partition coefficient (Wildman–Crippen LogP) is 2.60. The Morgan fingerprint density at radius 3 is 2.93 bits per heavy atom. The van der Waals surface area contributed by atoms with E-state index in [4.69, 9.17) is 4.84 Å². The summed E-state index contributed by atoms with van der Waals surface area (Å²) in [7, 11) is 0. The average molecular weight is 267 g/mol. The van der Waals surface area contributed by atoms with Crippen LogP contribution in [0.15, 0.2) is 28.8 Å². The lowest BCUT2D eigenvalue weighted by molar-refractivity contribution is 0.108. The molecule has 0 radical (unpaired) electrons. The van der Waals surface area contributed by atoms with E-state index in [9.17, 15) is 0 Å². The molecule has 2 heterocycles. The van der Waals surface area contributed by atoms with E-state index < -0.39 is 0 Å². The maximum absolute atomic E-state index is 5.71. The lowest BCUT2D eigenvalue weighted by Crippen LogP contribution is -2.29. The molecule has 1 aromatic heterocycles. The van der Waals surface area contributed by atoms with Gasteiger partial charge in [-0.2, -0.15) is 0 Å². The summed E-state index contributed by atoms with van der Waals surface area (Å²) in [4.78, 5) is 10.2. The van der Waals surface area contributed by atoms with E-state index in [1.807, 2.05) is 24.1 Å². The molecule has 1 aliphatic carbocycles. The summed E-state index contributed by atoms with van der Waals surface area (Å²) in [6, 6.07) is 4.35. The fraction of sp³-hybridized carbons (Fsp3) is 0.364. The van der Waals surface area contributed by atoms with Gasteiger partial charge in [0.05, 0.1) is 11.7 Å². The van der Waals surface area contributed by atoms with E-state index in [0.29, 0.717) is 6.04 Å². The molecule has 0 saturated carbocycles. The first-order chi connectivity index (χ1) is 7.24. The number of nitrogens with zero attached hydrogens (tertiary/aromatic N) is 2.